The molecule has 5 nitrogen and oxygen atoms in total. The molecular weight excluding hydrogens is 254 g/mol. The topological polar surface area (TPSA) is 69.2 Å². The summed E-state index contributed by atoms with van der Waals surface area (Å²) in [6, 6.07) is 7.55. The highest BCUT2D eigenvalue weighted by Gasteiger charge is 2.24. The van der Waals surface area contributed by atoms with Crippen LogP contribution in [0.15, 0.2) is 29.1 Å². The van der Waals surface area contributed by atoms with Crippen LogP contribution in [0.25, 0.3) is 11.0 Å². The lowest BCUT2D eigenvalue weighted by atomic mass is 9.97. The van der Waals surface area contributed by atoms with Crippen LogP contribution < -0.4 is 5.56 Å². The average molecular weight is 273 g/mol. The van der Waals surface area contributed by atoms with Gasteiger partial charge in [-0.15, -0.1) is 0 Å². The summed E-state index contributed by atoms with van der Waals surface area (Å²) in [7, 11) is 0. The molecule has 5 heteroatoms. The third-order valence-corrected chi connectivity index (χ3v) is 3.99. The predicted molar refractivity (Wildman–Crippen MR) is 77.4 cm³/mol. The Morgan fingerprint density at radius 2 is 2.25 bits per heavy atom. The second-order valence-corrected chi connectivity index (χ2v) is 5.60. The zero-order chi connectivity index (χ0) is 14.1. The lowest BCUT2D eigenvalue weighted by Gasteiger charge is -2.33. The maximum atomic E-state index is 12.1. The van der Waals surface area contributed by atoms with Gasteiger partial charge in [0.05, 0.1) is 17.1 Å². The Kier molecular flexibility index (Phi) is 3.54. The maximum Gasteiger partial charge on any atom is 0.271 e. The number of fused-ring (bicyclic) bond motifs is 1. The summed E-state index contributed by atoms with van der Waals surface area (Å²) in [6.07, 6.45) is 0.529. The Bertz CT molecular complexity index is 667. The molecule has 0 spiro atoms. The first-order valence-electron chi connectivity index (χ1n) is 7.02. The van der Waals surface area contributed by atoms with Crippen molar-refractivity contribution in [2.75, 3.05) is 13.1 Å². The quantitative estimate of drug-likeness (QED) is 0.860. The molecule has 2 N–H and O–H groups in total. The molecule has 2 atom stereocenters. The molecule has 1 fully saturated rings. The van der Waals surface area contributed by atoms with Gasteiger partial charge < -0.3 is 10.1 Å². The van der Waals surface area contributed by atoms with Crippen molar-refractivity contribution in [3.8, 4) is 0 Å². The normalized spacial score (nSPS) is 24.1. The molecule has 0 amide bonds. The van der Waals surface area contributed by atoms with Gasteiger partial charge in [-0.25, -0.2) is 4.98 Å². The molecule has 3 rings (SSSR count). The van der Waals surface area contributed by atoms with Gasteiger partial charge in [0, 0.05) is 19.6 Å². The van der Waals surface area contributed by atoms with E-state index in [9.17, 15) is 9.90 Å². The number of rotatable bonds is 2. The van der Waals surface area contributed by atoms with Crippen LogP contribution in [0.5, 0.6) is 0 Å². The Morgan fingerprint density at radius 3 is 3.05 bits per heavy atom. The fraction of sp³-hybridized carbons (Fsp3) is 0.467. The summed E-state index contributed by atoms with van der Waals surface area (Å²) in [5.74, 6) is 0.239. The molecule has 1 aromatic carbocycles. The zero-order valence-corrected chi connectivity index (χ0v) is 11.5. The van der Waals surface area contributed by atoms with E-state index in [-0.39, 0.29) is 17.6 Å². The van der Waals surface area contributed by atoms with Crippen LogP contribution >= 0.6 is 0 Å². The highest BCUT2D eigenvalue weighted by atomic mass is 16.3. The number of piperidine rings is 1. The third-order valence-electron chi connectivity index (χ3n) is 3.99. The lowest BCUT2D eigenvalue weighted by Crippen LogP contribution is -2.42. The number of likely N-dealkylation sites (tertiary alicyclic amines) is 1. The van der Waals surface area contributed by atoms with Gasteiger partial charge in [0.15, 0.2) is 0 Å². The molecule has 2 unspecified atom stereocenters. The van der Waals surface area contributed by atoms with Crippen LogP contribution in [-0.4, -0.2) is 39.2 Å². The summed E-state index contributed by atoms with van der Waals surface area (Å²) in [5.41, 5.74) is 2.01. The number of aromatic amines is 1. The molecule has 1 aliphatic heterocycles. The number of nitrogens with one attached hydrogen (secondary N) is 1. The van der Waals surface area contributed by atoms with E-state index < -0.39 is 0 Å². The van der Waals surface area contributed by atoms with Gasteiger partial charge in [-0.2, -0.15) is 0 Å². The first kappa shape index (κ1) is 13.3. The second-order valence-electron chi connectivity index (χ2n) is 5.60. The fourth-order valence-electron chi connectivity index (χ4n) is 2.75. The Balaban J connectivity index is 1.84. The number of hydrogen-bond donors (Lipinski definition) is 2. The first-order chi connectivity index (χ1) is 9.63. The molecule has 20 heavy (non-hydrogen) atoms. The SMILES string of the molecule is CC1CN(Cc2nc3ccccc3[nH]c2=O)CCC1O. The molecule has 1 aromatic heterocycles. The average Bonchev–Trinajstić information content (AvgIpc) is 2.44. The van der Waals surface area contributed by atoms with E-state index >= 15 is 0 Å². The van der Waals surface area contributed by atoms with E-state index in [1.165, 1.54) is 0 Å². The standard InChI is InChI=1S/C15H19N3O2/c1-10-8-18(7-6-14(10)19)9-13-15(20)17-12-5-3-2-4-11(12)16-13/h2-5,10,14,19H,6-9H2,1H3,(H,17,20). The number of hydrogen-bond acceptors (Lipinski definition) is 4. The zero-order valence-electron chi connectivity index (χ0n) is 11.5. The van der Waals surface area contributed by atoms with Crippen LogP contribution in [0, 0.1) is 5.92 Å². The number of H-pyrrole nitrogens is 1. The van der Waals surface area contributed by atoms with Crippen molar-refractivity contribution in [1.29, 1.82) is 0 Å². The highest BCUT2D eigenvalue weighted by Crippen LogP contribution is 2.17. The Morgan fingerprint density at radius 1 is 1.45 bits per heavy atom. The second kappa shape index (κ2) is 5.34. The monoisotopic (exact) mass is 273 g/mol. The van der Waals surface area contributed by atoms with E-state index in [1.807, 2.05) is 31.2 Å². The molecular formula is C15H19N3O2. The van der Waals surface area contributed by atoms with Crippen LogP contribution in [0.3, 0.4) is 0 Å². The van der Waals surface area contributed by atoms with Gasteiger partial charge in [0.1, 0.15) is 5.69 Å². The summed E-state index contributed by atoms with van der Waals surface area (Å²) in [6.45, 7) is 4.18. The minimum absolute atomic E-state index is 0.123. The summed E-state index contributed by atoms with van der Waals surface area (Å²) in [5, 5.41) is 9.75. The fourth-order valence-corrected chi connectivity index (χ4v) is 2.75. The Labute approximate surface area is 117 Å². The summed E-state index contributed by atoms with van der Waals surface area (Å²) < 4.78 is 0. The van der Waals surface area contributed by atoms with Crippen molar-refractivity contribution < 1.29 is 5.11 Å². The van der Waals surface area contributed by atoms with E-state index in [2.05, 4.69) is 14.9 Å². The van der Waals surface area contributed by atoms with Crippen molar-refractivity contribution in [1.82, 2.24) is 14.9 Å². The van der Waals surface area contributed by atoms with Crippen LogP contribution in [0.4, 0.5) is 0 Å². The molecule has 0 saturated carbocycles. The minimum Gasteiger partial charge on any atom is -0.393 e. The smallest absolute Gasteiger partial charge is 0.271 e. The van der Waals surface area contributed by atoms with Gasteiger partial charge in [-0.3, -0.25) is 9.69 Å². The predicted octanol–water partition coefficient (Wildman–Crippen LogP) is 1.13. The number of nitrogens with zero attached hydrogens (tertiary/aromatic N) is 2. The van der Waals surface area contributed by atoms with E-state index in [0.717, 1.165) is 30.5 Å². The van der Waals surface area contributed by atoms with E-state index in [0.29, 0.717) is 12.2 Å². The molecule has 1 aliphatic rings. The molecule has 1 saturated heterocycles. The van der Waals surface area contributed by atoms with Crippen molar-refractivity contribution in [2.45, 2.75) is 26.0 Å². The van der Waals surface area contributed by atoms with Crippen LogP contribution in [0.2, 0.25) is 0 Å². The number of para-hydroxylation sites is 2. The number of benzene rings is 1. The molecule has 0 radical (unpaired) electrons. The maximum absolute atomic E-state index is 12.1. The largest absolute Gasteiger partial charge is 0.393 e. The Hall–Kier alpha value is -1.72. The molecule has 2 aromatic rings. The van der Waals surface area contributed by atoms with Gasteiger partial charge in [0.25, 0.3) is 5.56 Å². The van der Waals surface area contributed by atoms with Gasteiger partial charge >= 0.3 is 0 Å². The van der Waals surface area contributed by atoms with Crippen molar-refractivity contribution in [3.05, 3.63) is 40.3 Å². The number of aliphatic hydroxyl groups is 1. The molecule has 0 bridgehead atoms. The minimum atomic E-state index is -0.228. The molecule has 106 valence electrons. The lowest BCUT2D eigenvalue weighted by molar-refractivity contribution is 0.0314. The van der Waals surface area contributed by atoms with Crippen LogP contribution in [-0.2, 0) is 6.54 Å². The summed E-state index contributed by atoms with van der Waals surface area (Å²) in [4.78, 5) is 21.6. The number of aliphatic hydroxyl groups excluding tert-OH is 1. The van der Waals surface area contributed by atoms with Gasteiger partial charge in [-0.05, 0) is 24.5 Å². The van der Waals surface area contributed by atoms with Crippen molar-refractivity contribution in [3.63, 3.8) is 0 Å². The van der Waals surface area contributed by atoms with Crippen LogP contribution in [0.1, 0.15) is 19.0 Å². The summed E-state index contributed by atoms with van der Waals surface area (Å²) >= 11 is 0. The van der Waals surface area contributed by atoms with Crippen molar-refractivity contribution in [2.24, 2.45) is 5.92 Å². The molecule has 2 heterocycles. The highest BCUT2D eigenvalue weighted by molar-refractivity contribution is 5.73. The third kappa shape index (κ3) is 2.59. The number of aromatic nitrogens is 2. The van der Waals surface area contributed by atoms with Gasteiger partial charge in [0.2, 0.25) is 0 Å². The molecule has 0 aliphatic carbocycles. The van der Waals surface area contributed by atoms with Gasteiger partial charge in [-0.1, -0.05) is 19.1 Å². The van der Waals surface area contributed by atoms with E-state index in [4.69, 9.17) is 0 Å². The van der Waals surface area contributed by atoms with Crippen molar-refractivity contribution >= 4 is 11.0 Å². The first-order valence-corrected chi connectivity index (χ1v) is 7.02. The van der Waals surface area contributed by atoms with E-state index in [1.54, 1.807) is 0 Å².